The van der Waals surface area contributed by atoms with Gasteiger partial charge in [0.05, 0.1) is 17.3 Å². The highest BCUT2D eigenvalue weighted by atomic mass is 35.5. The molecule has 0 aliphatic rings. The fourth-order valence-corrected chi connectivity index (χ4v) is 1.65. The van der Waals surface area contributed by atoms with E-state index in [1.807, 2.05) is 0 Å². The molecule has 1 aromatic heterocycles. The Hall–Kier alpha value is -2.23. The van der Waals surface area contributed by atoms with Crippen LogP contribution in [0, 0.1) is 11.8 Å². The molecule has 0 aliphatic carbocycles. The van der Waals surface area contributed by atoms with Crippen LogP contribution in [0.5, 0.6) is 0 Å². The Morgan fingerprint density at radius 1 is 1.28 bits per heavy atom. The fourth-order valence-electron chi connectivity index (χ4n) is 1.44. The summed E-state index contributed by atoms with van der Waals surface area (Å²) in [7, 11) is 0. The first-order chi connectivity index (χ1) is 8.63. The van der Waals surface area contributed by atoms with Gasteiger partial charge in [-0.2, -0.15) is 0 Å². The molecule has 6 nitrogen and oxygen atoms in total. The summed E-state index contributed by atoms with van der Waals surface area (Å²) >= 11 is 5.97. The van der Waals surface area contributed by atoms with Crippen LogP contribution in [0.3, 0.4) is 0 Å². The molecule has 0 unspecified atom stereocenters. The summed E-state index contributed by atoms with van der Waals surface area (Å²) < 4.78 is 0.899. The summed E-state index contributed by atoms with van der Waals surface area (Å²) in [6, 6.07) is 4.80. The number of aromatic nitrogens is 3. The van der Waals surface area contributed by atoms with Crippen LogP contribution in [0.25, 0.3) is 5.69 Å². The molecule has 0 aliphatic heterocycles. The summed E-state index contributed by atoms with van der Waals surface area (Å²) in [4.78, 5) is 23.0. The number of rotatable bonds is 1. The van der Waals surface area contributed by atoms with Gasteiger partial charge in [0.1, 0.15) is 0 Å². The zero-order chi connectivity index (χ0) is 13.1. The minimum absolute atomic E-state index is 0.225. The van der Waals surface area contributed by atoms with Gasteiger partial charge in [-0.3, -0.25) is 0 Å². The molecule has 0 amide bonds. The predicted molar refractivity (Wildman–Crippen MR) is 68.0 cm³/mol. The topological polar surface area (TPSA) is 96.7 Å². The molecule has 1 heterocycles. The maximum Gasteiger partial charge on any atom is 0.349 e. The second kappa shape index (κ2) is 4.96. The van der Waals surface area contributed by atoms with Crippen molar-refractivity contribution in [1.29, 1.82) is 0 Å². The average Bonchev–Trinajstić information content (AvgIpc) is 2.68. The molecule has 0 saturated heterocycles. The van der Waals surface area contributed by atoms with E-state index in [0.717, 1.165) is 4.57 Å². The number of nitrogens with zero attached hydrogens (tertiary/aromatic N) is 1. The monoisotopic (exact) mass is 264 g/mol. The van der Waals surface area contributed by atoms with E-state index in [2.05, 4.69) is 22.0 Å². The van der Waals surface area contributed by atoms with Gasteiger partial charge in [0.2, 0.25) is 0 Å². The third-order valence-corrected chi connectivity index (χ3v) is 2.52. The van der Waals surface area contributed by atoms with Crippen molar-refractivity contribution in [3.8, 4) is 17.5 Å². The summed E-state index contributed by atoms with van der Waals surface area (Å²) in [6.07, 6.45) is 0. The second-order valence-corrected chi connectivity index (χ2v) is 3.78. The molecule has 0 fully saturated rings. The minimum Gasteiger partial charge on any atom is -0.320 e. The van der Waals surface area contributed by atoms with E-state index < -0.39 is 11.4 Å². The van der Waals surface area contributed by atoms with Crippen LogP contribution < -0.4 is 17.1 Å². The summed E-state index contributed by atoms with van der Waals surface area (Å²) in [5.41, 5.74) is 4.98. The number of hydrogen-bond acceptors (Lipinski definition) is 3. The number of hydrogen-bond donors (Lipinski definition) is 3. The zero-order valence-corrected chi connectivity index (χ0v) is 9.91. The van der Waals surface area contributed by atoms with Gasteiger partial charge in [-0.15, -0.1) is 0 Å². The van der Waals surface area contributed by atoms with Gasteiger partial charge in [-0.1, -0.05) is 23.4 Å². The fraction of sp³-hybridized carbons (Fsp3) is 0.0909. The Morgan fingerprint density at radius 2 is 1.94 bits per heavy atom. The van der Waals surface area contributed by atoms with Crippen molar-refractivity contribution in [2.24, 2.45) is 5.73 Å². The van der Waals surface area contributed by atoms with Crippen LogP contribution in [0.1, 0.15) is 5.56 Å². The van der Waals surface area contributed by atoms with Gasteiger partial charge < -0.3 is 5.73 Å². The van der Waals surface area contributed by atoms with Gasteiger partial charge in [0.15, 0.2) is 0 Å². The van der Waals surface area contributed by atoms with Crippen LogP contribution in [-0.4, -0.2) is 21.3 Å². The molecule has 18 heavy (non-hydrogen) atoms. The molecular formula is C11H9ClN4O2. The Labute approximate surface area is 106 Å². The number of benzene rings is 1. The molecular weight excluding hydrogens is 256 g/mol. The molecule has 0 saturated carbocycles. The minimum atomic E-state index is -0.592. The molecule has 0 bridgehead atoms. The van der Waals surface area contributed by atoms with Gasteiger partial charge >= 0.3 is 11.4 Å². The maximum atomic E-state index is 11.5. The van der Waals surface area contributed by atoms with Crippen LogP contribution in [0.2, 0.25) is 5.02 Å². The maximum absolute atomic E-state index is 11.5. The summed E-state index contributed by atoms with van der Waals surface area (Å²) in [6.45, 7) is 0.225. The Bertz CT molecular complexity index is 717. The molecule has 92 valence electrons. The highest BCUT2D eigenvalue weighted by Crippen LogP contribution is 2.19. The lowest BCUT2D eigenvalue weighted by atomic mass is 10.2. The van der Waals surface area contributed by atoms with Crippen LogP contribution in [0.4, 0.5) is 0 Å². The zero-order valence-electron chi connectivity index (χ0n) is 9.16. The molecule has 0 radical (unpaired) electrons. The van der Waals surface area contributed by atoms with Crippen LogP contribution in [0.15, 0.2) is 27.8 Å². The Kier molecular flexibility index (Phi) is 3.37. The number of nitrogens with two attached hydrogens (primary N) is 1. The molecule has 7 heteroatoms. The van der Waals surface area contributed by atoms with Gasteiger partial charge in [0.25, 0.3) is 0 Å². The normalized spacial score (nSPS) is 9.89. The van der Waals surface area contributed by atoms with Crippen molar-refractivity contribution in [2.45, 2.75) is 0 Å². The van der Waals surface area contributed by atoms with Crippen LogP contribution in [-0.2, 0) is 0 Å². The van der Waals surface area contributed by atoms with Gasteiger partial charge in [-0.05, 0) is 18.2 Å². The quantitative estimate of drug-likeness (QED) is 0.623. The van der Waals surface area contributed by atoms with Crippen molar-refractivity contribution in [2.75, 3.05) is 6.54 Å². The smallest absolute Gasteiger partial charge is 0.320 e. The molecule has 1 aromatic carbocycles. The molecule has 4 N–H and O–H groups in total. The van der Waals surface area contributed by atoms with E-state index >= 15 is 0 Å². The molecule has 0 atom stereocenters. The molecule has 0 spiro atoms. The third-order valence-electron chi connectivity index (χ3n) is 2.20. The first kappa shape index (κ1) is 12.2. The lowest BCUT2D eigenvalue weighted by molar-refractivity contribution is 0.951. The second-order valence-electron chi connectivity index (χ2n) is 3.37. The van der Waals surface area contributed by atoms with Crippen molar-refractivity contribution in [3.05, 3.63) is 49.8 Å². The van der Waals surface area contributed by atoms with E-state index in [1.165, 1.54) is 0 Å². The van der Waals surface area contributed by atoms with Crippen molar-refractivity contribution < 1.29 is 0 Å². The Balaban J connectivity index is 2.64. The van der Waals surface area contributed by atoms with Gasteiger partial charge in [-0.25, -0.2) is 24.4 Å². The van der Waals surface area contributed by atoms with Crippen molar-refractivity contribution in [3.63, 3.8) is 0 Å². The third kappa shape index (κ3) is 2.22. The first-order valence-electron chi connectivity index (χ1n) is 5.02. The van der Waals surface area contributed by atoms with Crippen LogP contribution >= 0.6 is 11.6 Å². The molecule has 2 aromatic rings. The number of H-pyrrole nitrogens is 2. The average molecular weight is 265 g/mol. The number of halogens is 1. The highest BCUT2D eigenvalue weighted by molar-refractivity contribution is 6.32. The summed E-state index contributed by atoms with van der Waals surface area (Å²) in [5.74, 6) is 5.48. The Morgan fingerprint density at radius 3 is 2.56 bits per heavy atom. The number of nitrogens with one attached hydrogen (secondary N) is 2. The van der Waals surface area contributed by atoms with Crippen molar-refractivity contribution in [1.82, 2.24) is 14.8 Å². The largest absolute Gasteiger partial charge is 0.349 e. The van der Waals surface area contributed by atoms with E-state index in [4.69, 9.17) is 17.3 Å². The molecule has 2 rings (SSSR count). The van der Waals surface area contributed by atoms with E-state index in [0.29, 0.717) is 5.56 Å². The van der Waals surface area contributed by atoms with E-state index in [1.54, 1.807) is 18.2 Å². The van der Waals surface area contributed by atoms with E-state index in [9.17, 15) is 9.59 Å². The van der Waals surface area contributed by atoms with Gasteiger partial charge in [0, 0.05) is 5.56 Å². The standard InChI is InChI=1S/C11H9ClN4O2/c12-8-4-3-7(2-1-5-13)6-9(8)16-10(17)14-15-11(16)18/h3-4,6H,5,13H2,(H,14,17)(H,15,18). The predicted octanol–water partition coefficient (Wildman–Crippen LogP) is -0.183. The van der Waals surface area contributed by atoms with Crippen molar-refractivity contribution >= 4 is 11.6 Å². The lowest BCUT2D eigenvalue weighted by Gasteiger charge is -2.03. The SMILES string of the molecule is NCC#Cc1ccc(Cl)c(-n2c(=O)[nH][nH]c2=O)c1. The summed E-state index contributed by atoms with van der Waals surface area (Å²) in [5, 5.41) is 4.64. The highest BCUT2D eigenvalue weighted by Gasteiger charge is 2.10. The van der Waals surface area contributed by atoms with E-state index in [-0.39, 0.29) is 17.3 Å². The lowest BCUT2D eigenvalue weighted by Crippen LogP contribution is -2.24. The number of aromatic amines is 2. The first-order valence-corrected chi connectivity index (χ1v) is 5.40.